The molecule has 0 aliphatic carbocycles. The third-order valence-electron chi connectivity index (χ3n) is 6.18. The molecule has 3 nitrogen and oxygen atoms in total. The molecule has 1 heterocycles. The van der Waals surface area contributed by atoms with Gasteiger partial charge in [0.05, 0.1) is 5.92 Å². The van der Waals surface area contributed by atoms with Crippen molar-refractivity contribution in [3.05, 3.63) is 106 Å². The summed E-state index contributed by atoms with van der Waals surface area (Å²) in [7, 11) is 0. The number of carbonyl (C=O) groups excluding carboxylic acids is 1. The fraction of sp³-hybridized carbons (Fsp3) is 0.269. The second kappa shape index (κ2) is 9.54. The number of hydrogen-bond donors (Lipinski definition) is 1. The highest BCUT2D eigenvalue weighted by Crippen LogP contribution is 2.39. The number of ketones is 1. The third kappa shape index (κ3) is 5.02. The molecule has 1 fully saturated rings. The summed E-state index contributed by atoms with van der Waals surface area (Å²) in [5.74, 6) is -0.655. The van der Waals surface area contributed by atoms with E-state index in [1.165, 1.54) is 5.56 Å². The van der Waals surface area contributed by atoms with Gasteiger partial charge in [0.1, 0.15) is 5.60 Å². The number of Topliss-reactive ketones (excluding diaryl/α,β-unsaturated/α-hetero) is 1. The summed E-state index contributed by atoms with van der Waals surface area (Å²) in [6.07, 6.45) is 1.38. The number of nitrogens with zero attached hydrogens (tertiary/aromatic N) is 1. The standard InChI is InChI=1S/C26H25Cl2NO2/c27-22-10-6-20(7-11-22)25(30)24-18-29(16-14-19-4-2-1-3-5-19)17-15-26(24,31)21-8-12-23(28)13-9-21/h1-13,24,31H,14-18H2. The maximum Gasteiger partial charge on any atom is 0.170 e. The molecule has 1 saturated heterocycles. The number of rotatable bonds is 6. The Morgan fingerprint density at radius 3 is 2.19 bits per heavy atom. The van der Waals surface area contributed by atoms with Crippen LogP contribution in [0.3, 0.4) is 0 Å². The zero-order chi connectivity index (χ0) is 21.8. The highest BCUT2D eigenvalue weighted by Gasteiger charge is 2.46. The molecular weight excluding hydrogens is 429 g/mol. The Labute approximate surface area is 193 Å². The molecule has 0 spiro atoms. The van der Waals surface area contributed by atoms with Crippen molar-refractivity contribution in [2.45, 2.75) is 18.4 Å². The summed E-state index contributed by atoms with van der Waals surface area (Å²) < 4.78 is 0. The smallest absolute Gasteiger partial charge is 0.170 e. The molecule has 0 radical (unpaired) electrons. The number of benzene rings is 3. The average Bonchev–Trinajstić information content (AvgIpc) is 2.79. The van der Waals surface area contributed by atoms with E-state index in [9.17, 15) is 9.90 Å². The van der Waals surface area contributed by atoms with Crippen LogP contribution in [0.15, 0.2) is 78.9 Å². The van der Waals surface area contributed by atoms with E-state index in [4.69, 9.17) is 23.2 Å². The van der Waals surface area contributed by atoms with Crippen LogP contribution < -0.4 is 0 Å². The lowest BCUT2D eigenvalue weighted by atomic mass is 9.72. The predicted octanol–water partition coefficient (Wildman–Crippen LogP) is 5.63. The quantitative estimate of drug-likeness (QED) is 0.491. The van der Waals surface area contributed by atoms with Crippen molar-refractivity contribution in [1.29, 1.82) is 0 Å². The van der Waals surface area contributed by atoms with Gasteiger partial charge in [0, 0.05) is 35.2 Å². The minimum atomic E-state index is -1.25. The molecule has 0 saturated carbocycles. The summed E-state index contributed by atoms with van der Waals surface area (Å²) in [5, 5.41) is 13.0. The van der Waals surface area contributed by atoms with Gasteiger partial charge in [0.2, 0.25) is 0 Å². The number of carbonyl (C=O) groups is 1. The van der Waals surface area contributed by atoms with Gasteiger partial charge in [0.25, 0.3) is 0 Å². The normalized spacial score (nSPS) is 21.7. The van der Waals surface area contributed by atoms with Gasteiger partial charge in [-0.05, 0) is 60.4 Å². The van der Waals surface area contributed by atoms with E-state index in [0.717, 1.165) is 25.1 Å². The maximum atomic E-state index is 13.5. The first-order valence-electron chi connectivity index (χ1n) is 10.5. The van der Waals surface area contributed by atoms with Crippen LogP contribution in [0.2, 0.25) is 10.0 Å². The molecule has 3 aromatic carbocycles. The van der Waals surface area contributed by atoms with Gasteiger partial charge in [-0.25, -0.2) is 0 Å². The van der Waals surface area contributed by atoms with Gasteiger partial charge < -0.3 is 10.0 Å². The Bertz CT molecular complexity index is 1020. The first-order chi connectivity index (χ1) is 15.0. The fourth-order valence-electron chi connectivity index (χ4n) is 4.34. The Balaban J connectivity index is 1.60. The monoisotopic (exact) mass is 453 g/mol. The van der Waals surface area contributed by atoms with Gasteiger partial charge in [0.15, 0.2) is 5.78 Å². The van der Waals surface area contributed by atoms with Gasteiger partial charge in [-0.2, -0.15) is 0 Å². The number of piperidine rings is 1. The molecule has 0 amide bonds. The summed E-state index contributed by atoms with van der Waals surface area (Å²) in [6.45, 7) is 2.05. The van der Waals surface area contributed by atoms with Crippen molar-refractivity contribution < 1.29 is 9.90 Å². The van der Waals surface area contributed by atoms with Crippen molar-refractivity contribution >= 4 is 29.0 Å². The van der Waals surface area contributed by atoms with Crippen molar-refractivity contribution in [2.24, 2.45) is 5.92 Å². The molecule has 1 aliphatic rings. The second-order valence-corrected chi connectivity index (χ2v) is 9.01. The van der Waals surface area contributed by atoms with Crippen molar-refractivity contribution in [3.63, 3.8) is 0 Å². The van der Waals surface area contributed by atoms with E-state index in [1.807, 2.05) is 30.3 Å². The number of likely N-dealkylation sites (tertiary alicyclic amines) is 1. The first kappa shape index (κ1) is 22.0. The minimum Gasteiger partial charge on any atom is -0.384 e. The summed E-state index contributed by atoms with van der Waals surface area (Å²) in [4.78, 5) is 15.8. The molecule has 160 valence electrons. The van der Waals surface area contributed by atoms with Gasteiger partial charge >= 0.3 is 0 Å². The van der Waals surface area contributed by atoms with E-state index in [-0.39, 0.29) is 5.78 Å². The van der Waals surface area contributed by atoms with E-state index >= 15 is 0 Å². The molecule has 1 N–H and O–H groups in total. The van der Waals surface area contributed by atoms with E-state index in [2.05, 4.69) is 17.0 Å². The van der Waals surface area contributed by atoms with Crippen LogP contribution in [0, 0.1) is 5.92 Å². The molecule has 5 heteroatoms. The Morgan fingerprint density at radius 1 is 0.935 bits per heavy atom. The van der Waals surface area contributed by atoms with E-state index < -0.39 is 11.5 Å². The van der Waals surface area contributed by atoms with E-state index in [1.54, 1.807) is 36.4 Å². The highest BCUT2D eigenvalue weighted by molar-refractivity contribution is 6.30. The lowest BCUT2D eigenvalue weighted by Crippen LogP contribution is -2.53. The Hall–Kier alpha value is -2.17. The first-order valence-corrected chi connectivity index (χ1v) is 11.3. The molecule has 4 rings (SSSR count). The summed E-state index contributed by atoms with van der Waals surface area (Å²) >= 11 is 12.1. The lowest BCUT2D eigenvalue weighted by molar-refractivity contribution is -0.0639. The van der Waals surface area contributed by atoms with Crippen LogP contribution in [0.5, 0.6) is 0 Å². The third-order valence-corrected chi connectivity index (χ3v) is 6.68. The lowest BCUT2D eigenvalue weighted by Gasteiger charge is -2.44. The second-order valence-electron chi connectivity index (χ2n) is 8.14. The van der Waals surface area contributed by atoms with Gasteiger partial charge in [-0.1, -0.05) is 65.7 Å². The molecular formula is C26H25Cl2NO2. The molecule has 2 atom stereocenters. The van der Waals surface area contributed by atoms with Crippen molar-refractivity contribution in [2.75, 3.05) is 19.6 Å². The summed E-state index contributed by atoms with van der Waals surface area (Å²) in [5.41, 5.74) is 1.31. The largest absolute Gasteiger partial charge is 0.384 e. The topological polar surface area (TPSA) is 40.5 Å². The molecule has 1 aliphatic heterocycles. The minimum absolute atomic E-state index is 0.0708. The van der Waals surface area contributed by atoms with E-state index in [0.29, 0.717) is 28.6 Å². The van der Waals surface area contributed by atoms with Crippen LogP contribution in [-0.4, -0.2) is 35.4 Å². The fourth-order valence-corrected chi connectivity index (χ4v) is 4.59. The average molecular weight is 454 g/mol. The Kier molecular flexibility index (Phi) is 6.78. The molecule has 0 bridgehead atoms. The Morgan fingerprint density at radius 2 is 1.55 bits per heavy atom. The van der Waals surface area contributed by atoms with Crippen molar-refractivity contribution in [3.8, 4) is 0 Å². The number of hydrogen-bond acceptors (Lipinski definition) is 3. The molecule has 0 aromatic heterocycles. The predicted molar refractivity (Wildman–Crippen MR) is 126 cm³/mol. The zero-order valence-electron chi connectivity index (χ0n) is 17.2. The maximum absolute atomic E-state index is 13.5. The number of aliphatic hydroxyl groups is 1. The zero-order valence-corrected chi connectivity index (χ0v) is 18.7. The van der Waals surface area contributed by atoms with Gasteiger partial charge in [-0.3, -0.25) is 4.79 Å². The van der Waals surface area contributed by atoms with Gasteiger partial charge in [-0.15, -0.1) is 0 Å². The van der Waals surface area contributed by atoms with Crippen molar-refractivity contribution in [1.82, 2.24) is 4.90 Å². The molecule has 2 unspecified atom stereocenters. The molecule has 31 heavy (non-hydrogen) atoms. The summed E-state index contributed by atoms with van der Waals surface area (Å²) in [6, 6.07) is 24.4. The van der Waals surface area contributed by atoms with Crippen LogP contribution in [0.4, 0.5) is 0 Å². The van der Waals surface area contributed by atoms with Crippen LogP contribution in [-0.2, 0) is 12.0 Å². The highest BCUT2D eigenvalue weighted by atomic mass is 35.5. The van der Waals surface area contributed by atoms with Crippen LogP contribution in [0.25, 0.3) is 0 Å². The van der Waals surface area contributed by atoms with Crippen LogP contribution >= 0.6 is 23.2 Å². The van der Waals surface area contributed by atoms with Crippen LogP contribution in [0.1, 0.15) is 27.9 Å². The SMILES string of the molecule is O=C(c1ccc(Cl)cc1)C1CN(CCc2ccccc2)CCC1(O)c1ccc(Cl)cc1. The number of halogens is 2. The molecule has 3 aromatic rings.